The summed E-state index contributed by atoms with van der Waals surface area (Å²) in [4.78, 5) is 17.1. The van der Waals surface area contributed by atoms with Crippen LogP contribution in [0.2, 0.25) is 0 Å². The van der Waals surface area contributed by atoms with Crippen molar-refractivity contribution in [1.29, 1.82) is 0 Å². The topological polar surface area (TPSA) is 37.6 Å². The summed E-state index contributed by atoms with van der Waals surface area (Å²) in [6, 6.07) is 4.03. The Labute approximate surface area is 94.5 Å². The van der Waals surface area contributed by atoms with Crippen molar-refractivity contribution in [2.45, 2.75) is 13.3 Å². The van der Waals surface area contributed by atoms with Crippen LogP contribution in [0.15, 0.2) is 18.3 Å². The zero-order chi connectivity index (χ0) is 11.7. The lowest BCUT2D eigenvalue weighted by Crippen LogP contribution is -2.08. The van der Waals surface area contributed by atoms with E-state index in [9.17, 15) is 4.79 Å². The lowest BCUT2D eigenvalue weighted by molar-refractivity contribution is -0.107. The van der Waals surface area contributed by atoms with Gasteiger partial charge in [0, 0.05) is 38.5 Å². The van der Waals surface area contributed by atoms with Crippen LogP contribution < -0.4 is 4.90 Å². The lowest BCUT2D eigenvalue weighted by Gasteiger charge is -2.12. The van der Waals surface area contributed by atoms with Crippen LogP contribution in [-0.2, 0) is 11.2 Å². The van der Waals surface area contributed by atoms with Crippen molar-refractivity contribution in [3.63, 3.8) is 0 Å². The van der Waals surface area contributed by atoms with Gasteiger partial charge in [0.2, 0.25) is 0 Å². The SMILES string of the molecule is Cc1nc2cc(N(C)C)ccn2c1CC=O. The molecule has 0 spiro atoms. The smallest absolute Gasteiger partial charge is 0.139 e. The highest BCUT2D eigenvalue weighted by atomic mass is 16.1. The van der Waals surface area contributed by atoms with Gasteiger partial charge in [-0.1, -0.05) is 0 Å². The summed E-state index contributed by atoms with van der Waals surface area (Å²) in [6.45, 7) is 1.93. The summed E-state index contributed by atoms with van der Waals surface area (Å²) >= 11 is 0. The maximum absolute atomic E-state index is 10.6. The van der Waals surface area contributed by atoms with Crippen LogP contribution in [0.25, 0.3) is 5.65 Å². The van der Waals surface area contributed by atoms with Crippen LogP contribution in [0, 0.1) is 6.92 Å². The Kier molecular flexibility index (Phi) is 2.64. The maximum Gasteiger partial charge on any atom is 0.139 e. The standard InChI is InChI=1S/C12H15N3O/c1-9-11(5-7-16)15-6-4-10(14(2)3)8-12(15)13-9/h4,6-8H,5H2,1-3H3. The molecule has 2 aromatic rings. The Bertz CT molecular complexity index is 528. The van der Waals surface area contributed by atoms with Gasteiger partial charge < -0.3 is 14.1 Å². The van der Waals surface area contributed by atoms with Crippen molar-refractivity contribution in [3.8, 4) is 0 Å². The Morgan fingerprint density at radius 2 is 2.25 bits per heavy atom. The molecule has 0 amide bonds. The Morgan fingerprint density at radius 1 is 1.50 bits per heavy atom. The number of imidazole rings is 1. The highest BCUT2D eigenvalue weighted by Crippen LogP contribution is 2.17. The van der Waals surface area contributed by atoms with Gasteiger partial charge in [-0.3, -0.25) is 0 Å². The summed E-state index contributed by atoms with van der Waals surface area (Å²) < 4.78 is 1.97. The zero-order valence-corrected chi connectivity index (χ0v) is 9.77. The molecular weight excluding hydrogens is 202 g/mol. The molecule has 2 heterocycles. The Morgan fingerprint density at radius 3 is 2.88 bits per heavy atom. The number of pyridine rings is 1. The van der Waals surface area contributed by atoms with Crippen molar-refractivity contribution >= 4 is 17.6 Å². The van der Waals surface area contributed by atoms with E-state index < -0.39 is 0 Å². The molecule has 16 heavy (non-hydrogen) atoms. The van der Waals surface area contributed by atoms with Gasteiger partial charge in [-0.05, 0) is 13.0 Å². The molecular formula is C12H15N3O. The summed E-state index contributed by atoms with van der Waals surface area (Å²) in [6.07, 6.45) is 3.29. The first-order valence-electron chi connectivity index (χ1n) is 5.22. The highest BCUT2D eigenvalue weighted by Gasteiger charge is 2.08. The fraction of sp³-hybridized carbons (Fsp3) is 0.333. The summed E-state index contributed by atoms with van der Waals surface area (Å²) in [5, 5.41) is 0. The molecule has 0 atom stereocenters. The predicted molar refractivity (Wildman–Crippen MR) is 64.0 cm³/mol. The van der Waals surface area contributed by atoms with E-state index >= 15 is 0 Å². The average Bonchev–Trinajstić information content (AvgIpc) is 2.55. The minimum atomic E-state index is 0.411. The van der Waals surface area contributed by atoms with E-state index in [1.165, 1.54) is 0 Å². The van der Waals surface area contributed by atoms with E-state index in [2.05, 4.69) is 4.98 Å². The number of aryl methyl sites for hydroxylation is 1. The van der Waals surface area contributed by atoms with E-state index in [1.54, 1.807) is 0 Å². The zero-order valence-electron chi connectivity index (χ0n) is 9.77. The summed E-state index contributed by atoms with van der Waals surface area (Å²) in [5.74, 6) is 0. The Balaban J connectivity index is 2.60. The van der Waals surface area contributed by atoms with E-state index in [-0.39, 0.29) is 0 Å². The maximum atomic E-state index is 10.6. The van der Waals surface area contributed by atoms with Crippen molar-refractivity contribution in [2.24, 2.45) is 0 Å². The van der Waals surface area contributed by atoms with Crippen molar-refractivity contribution in [1.82, 2.24) is 9.38 Å². The van der Waals surface area contributed by atoms with E-state index in [1.807, 2.05) is 48.6 Å². The molecule has 84 valence electrons. The quantitative estimate of drug-likeness (QED) is 0.730. The number of carbonyl (C=O) groups excluding carboxylic acids is 1. The van der Waals surface area contributed by atoms with Crippen LogP contribution in [-0.4, -0.2) is 29.8 Å². The van der Waals surface area contributed by atoms with Gasteiger partial charge >= 0.3 is 0 Å². The molecule has 4 nitrogen and oxygen atoms in total. The predicted octanol–water partition coefficient (Wildman–Crippen LogP) is 1.45. The second kappa shape index (κ2) is 3.96. The van der Waals surface area contributed by atoms with Gasteiger partial charge in [0.25, 0.3) is 0 Å². The van der Waals surface area contributed by atoms with Gasteiger partial charge in [0.15, 0.2) is 0 Å². The number of carbonyl (C=O) groups is 1. The average molecular weight is 217 g/mol. The number of hydrogen-bond acceptors (Lipinski definition) is 3. The van der Waals surface area contributed by atoms with Gasteiger partial charge in [-0.2, -0.15) is 0 Å². The first-order valence-corrected chi connectivity index (χ1v) is 5.22. The third kappa shape index (κ3) is 1.66. The van der Waals surface area contributed by atoms with Crippen LogP contribution in [0.3, 0.4) is 0 Å². The molecule has 4 heteroatoms. The van der Waals surface area contributed by atoms with E-state index in [4.69, 9.17) is 0 Å². The third-order valence-electron chi connectivity index (χ3n) is 2.70. The monoisotopic (exact) mass is 217 g/mol. The van der Waals surface area contributed by atoms with E-state index in [0.29, 0.717) is 6.42 Å². The number of fused-ring (bicyclic) bond motifs is 1. The lowest BCUT2D eigenvalue weighted by atomic mass is 10.3. The molecule has 2 rings (SSSR count). The molecule has 0 unspecified atom stereocenters. The molecule has 2 aromatic heterocycles. The largest absolute Gasteiger partial charge is 0.378 e. The van der Waals surface area contributed by atoms with E-state index in [0.717, 1.165) is 29.0 Å². The number of aromatic nitrogens is 2. The fourth-order valence-electron chi connectivity index (χ4n) is 1.81. The number of aldehydes is 1. The fourth-order valence-corrected chi connectivity index (χ4v) is 1.81. The van der Waals surface area contributed by atoms with Crippen molar-refractivity contribution in [3.05, 3.63) is 29.7 Å². The van der Waals surface area contributed by atoms with Crippen molar-refractivity contribution in [2.75, 3.05) is 19.0 Å². The molecule has 0 aromatic carbocycles. The molecule has 0 saturated carbocycles. The molecule has 0 aliphatic heterocycles. The first-order chi connectivity index (χ1) is 7.63. The minimum absolute atomic E-state index is 0.411. The number of anilines is 1. The van der Waals surface area contributed by atoms with Crippen LogP contribution in [0.5, 0.6) is 0 Å². The molecule has 0 N–H and O–H groups in total. The molecule has 0 radical (unpaired) electrons. The molecule has 0 aliphatic carbocycles. The number of hydrogen-bond donors (Lipinski definition) is 0. The second-order valence-electron chi connectivity index (χ2n) is 4.02. The van der Waals surface area contributed by atoms with Gasteiger partial charge in [0.05, 0.1) is 11.4 Å². The van der Waals surface area contributed by atoms with Crippen LogP contribution in [0.4, 0.5) is 5.69 Å². The van der Waals surface area contributed by atoms with Gasteiger partial charge in [-0.25, -0.2) is 4.98 Å². The number of nitrogens with zero attached hydrogens (tertiary/aromatic N) is 3. The second-order valence-corrected chi connectivity index (χ2v) is 4.02. The minimum Gasteiger partial charge on any atom is -0.378 e. The highest BCUT2D eigenvalue weighted by molar-refractivity contribution is 5.60. The summed E-state index contributed by atoms with van der Waals surface area (Å²) in [7, 11) is 3.99. The van der Waals surface area contributed by atoms with Crippen molar-refractivity contribution < 1.29 is 4.79 Å². The number of rotatable bonds is 3. The molecule has 0 fully saturated rings. The van der Waals surface area contributed by atoms with Gasteiger partial charge in [0.1, 0.15) is 11.9 Å². The summed E-state index contributed by atoms with van der Waals surface area (Å²) in [5.41, 5.74) is 3.88. The molecule has 0 bridgehead atoms. The Hall–Kier alpha value is -1.84. The third-order valence-corrected chi connectivity index (χ3v) is 2.70. The normalized spacial score (nSPS) is 10.7. The molecule has 0 aliphatic rings. The van der Waals surface area contributed by atoms with Crippen LogP contribution in [0.1, 0.15) is 11.4 Å². The van der Waals surface area contributed by atoms with Gasteiger partial charge in [-0.15, -0.1) is 0 Å². The van der Waals surface area contributed by atoms with Crippen LogP contribution >= 0.6 is 0 Å². The first kappa shape index (κ1) is 10.7. The molecule has 0 saturated heterocycles.